The minimum absolute atomic E-state index is 0.111. The van der Waals surface area contributed by atoms with Crippen molar-refractivity contribution >= 4 is 13.9 Å². The first-order valence-corrected chi connectivity index (χ1v) is 14.7. The van der Waals surface area contributed by atoms with Crippen LogP contribution in [0.4, 0.5) is 0 Å². The van der Waals surface area contributed by atoms with Gasteiger partial charge in [-0.3, -0.25) is 4.79 Å². The van der Waals surface area contributed by atoms with E-state index in [4.69, 9.17) is 5.11 Å². The van der Waals surface area contributed by atoms with Gasteiger partial charge in [-0.1, -0.05) is 92.4 Å². The summed E-state index contributed by atoms with van der Waals surface area (Å²) < 4.78 is 0. The zero-order valence-corrected chi connectivity index (χ0v) is 20.4. The molecule has 3 rings (SSSR count). The van der Waals surface area contributed by atoms with Crippen molar-refractivity contribution < 1.29 is 9.90 Å². The molecule has 0 spiro atoms. The molecule has 170 valence electrons. The second-order valence-electron chi connectivity index (χ2n) is 9.91. The third-order valence-electron chi connectivity index (χ3n) is 7.74. The van der Waals surface area contributed by atoms with Crippen LogP contribution in [0.2, 0.25) is 0 Å². The second kappa shape index (κ2) is 14.8. The van der Waals surface area contributed by atoms with Crippen molar-refractivity contribution in [3.05, 3.63) is 0 Å². The number of carbonyl (C=O) groups is 1. The molecule has 1 unspecified atom stereocenters. The molecule has 0 aromatic carbocycles. The summed E-state index contributed by atoms with van der Waals surface area (Å²) in [5.74, 6) is -0.754. The van der Waals surface area contributed by atoms with E-state index in [2.05, 4.69) is 6.92 Å². The van der Waals surface area contributed by atoms with Crippen LogP contribution in [0.1, 0.15) is 136 Å². The summed E-state index contributed by atoms with van der Waals surface area (Å²) in [6, 6.07) is 0. The third-order valence-corrected chi connectivity index (χ3v) is 11.8. The maximum absolute atomic E-state index is 10.4. The van der Waals surface area contributed by atoms with Crippen LogP contribution in [-0.2, 0) is 4.79 Å². The Hall–Kier alpha value is -0.100. The molecule has 0 heterocycles. The van der Waals surface area contributed by atoms with Gasteiger partial charge >= 0.3 is 5.97 Å². The van der Waals surface area contributed by atoms with Gasteiger partial charge in [-0.05, 0) is 68.3 Å². The summed E-state index contributed by atoms with van der Waals surface area (Å²) in [5, 5.41) is 8.60. The predicted molar refractivity (Wildman–Crippen MR) is 128 cm³/mol. The van der Waals surface area contributed by atoms with Crippen LogP contribution in [0.25, 0.3) is 0 Å². The first-order valence-electron chi connectivity index (χ1n) is 13.2. The molecule has 3 saturated carbocycles. The molecule has 0 aromatic heterocycles. The molecule has 1 atom stereocenters. The van der Waals surface area contributed by atoms with Crippen LogP contribution in [-0.4, -0.2) is 28.1 Å². The fraction of sp³-hybridized carbons (Fsp3) is 0.962. The number of hydrogen-bond donors (Lipinski definition) is 1. The quantitative estimate of drug-likeness (QED) is 0.395. The minimum Gasteiger partial charge on any atom is -0.481 e. The van der Waals surface area contributed by atoms with Crippen molar-refractivity contribution in [3.63, 3.8) is 0 Å². The van der Waals surface area contributed by atoms with E-state index in [-0.39, 0.29) is 5.92 Å². The van der Waals surface area contributed by atoms with Crippen molar-refractivity contribution in [1.29, 1.82) is 0 Å². The summed E-state index contributed by atoms with van der Waals surface area (Å²) in [4.78, 5) is 10.4. The van der Waals surface area contributed by atoms with E-state index in [1.165, 1.54) is 36.2 Å². The van der Waals surface area contributed by atoms with E-state index >= 15 is 0 Å². The molecular weight excluding hydrogens is 375 g/mol. The van der Waals surface area contributed by atoms with Gasteiger partial charge in [0.1, 0.15) is 0 Å². The molecule has 0 amide bonds. The fourth-order valence-corrected chi connectivity index (χ4v) is 10.7. The largest absolute Gasteiger partial charge is 0.481 e. The average Bonchev–Trinajstić information content (AvgIpc) is 2.77. The Morgan fingerprint density at radius 3 is 1.41 bits per heavy atom. The number of unbranched alkanes of at least 4 members (excludes halogenated alkanes) is 1. The summed E-state index contributed by atoms with van der Waals surface area (Å²) in [6.07, 6.45) is 27.3. The smallest absolute Gasteiger partial charge is 0.306 e. The van der Waals surface area contributed by atoms with Crippen LogP contribution in [0.15, 0.2) is 0 Å². The molecule has 0 saturated heterocycles. The molecule has 0 radical (unpaired) electrons. The van der Waals surface area contributed by atoms with Gasteiger partial charge in [0.15, 0.2) is 0 Å². The van der Waals surface area contributed by atoms with Crippen molar-refractivity contribution in [2.45, 2.75) is 153 Å². The highest BCUT2D eigenvalue weighted by Gasteiger charge is 2.36. The molecule has 3 heteroatoms. The van der Waals surface area contributed by atoms with E-state index in [1.54, 1.807) is 77.0 Å². The zero-order valence-electron chi connectivity index (χ0n) is 19.5. The van der Waals surface area contributed by atoms with E-state index in [0.717, 1.165) is 25.7 Å². The highest BCUT2D eigenvalue weighted by Crippen LogP contribution is 2.61. The summed E-state index contributed by atoms with van der Waals surface area (Å²) in [5.41, 5.74) is 3.57. The predicted octanol–water partition coefficient (Wildman–Crippen LogP) is 8.75. The Balaban J connectivity index is 0.000000257. The molecule has 3 fully saturated rings. The van der Waals surface area contributed by atoms with Crippen LogP contribution >= 0.6 is 7.92 Å². The molecule has 0 bridgehead atoms. The highest BCUT2D eigenvalue weighted by atomic mass is 31.1. The number of carboxylic acid groups (broad SMARTS) is 1. The van der Waals surface area contributed by atoms with Crippen LogP contribution in [0.5, 0.6) is 0 Å². The fourth-order valence-electron chi connectivity index (χ4n) is 5.98. The van der Waals surface area contributed by atoms with Crippen molar-refractivity contribution in [1.82, 2.24) is 0 Å². The van der Waals surface area contributed by atoms with E-state index in [0.29, 0.717) is 7.92 Å². The monoisotopic (exact) mass is 424 g/mol. The lowest BCUT2D eigenvalue weighted by Crippen LogP contribution is -2.28. The van der Waals surface area contributed by atoms with Gasteiger partial charge in [-0.25, -0.2) is 0 Å². The average molecular weight is 425 g/mol. The summed E-state index contributed by atoms with van der Waals surface area (Å²) >= 11 is 0. The third kappa shape index (κ3) is 8.88. The van der Waals surface area contributed by atoms with Crippen LogP contribution in [0, 0.1) is 5.92 Å². The van der Waals surface area contributed by atoms with Gasteiger partial charge in [0, 0.05) is 0 Å². The number of rotatable bonds is 8. The molecule has 0 aliphatic heterocycles. The van der Waals surface area contributed by atoms with Gasteiger partial charge in [0.2, 0.25) is 0 Å². The number of hydrogen-bond acceptors (Lipinski definition) is 1. The number of aliphatic carboxylic acids is 1. The molecule has 1 N–H and O–H groups in total. The summed E-state index contributed by atoms with van der Waals surface area (Å²) in [7, 11) is 0.385. The van der Waals surface area contributed by atoms with Gasteiger partial charge in [0.05, 0.1) is 5.92 Å². The Morgan fingerprint density at radius 2 is 1.14 bits per heavy atom. The normalized spacial score (nSPS) is 23.4. The van der Waals surface area contributed by atoms with Crippen LogP contribution < -0.4 is 0 Å². The SMILES string of the molecule is C1CCC(P(C2CCCCC2)C2CCCCC2)CC1.CCCCC(CC)C(=O)O. The lowest BCUT2D eigenvalue weighted by atomic mass is 9.99. The van der Waals surface area contributed by atoms with Crippen molar-refractivity contribution in [2.75, 3.05) is 0 Å². The van der Waals surface area contributed by atoms with E-state index in [1.807, 2.05) is 6.92 Å². The Bertz CT molecular complexity index is 378. The van der Waals surface area contributed by atoms with Gasteiger partial charge in [-0.2, -0.15) is 0 Å². The molecule has 2 nitrogen and oxygen atoms in total. The van der Waals surface area contributed by atoms with E-state index in [9.17, 15) is 4.79 Å². The maximum atomic E-state index is 10.4. The highest BCUT2D eigenvalue weighted by molar-refractivity contribution is 7.60. The molecule has 3 aliphatic carbocycles. The number of carboxylic acids is 1. The molecule has 29 heavy (non-hydrogen) atoms. The molecular formula is C26H49O2P. The lowest BCUT2D eigenvalue weighted by Gasteiger charge is -2.44. The molecule has 0 aromatic rings. The van der Waals surface area contributed by atoms with Crippen molar-refractivity contribution in [3.8, 4) is 0 Å². The summed E-state index contributed by atoms with van der Waals surface area (Å²) in [6.45, 7) is 4.00. The van der Waals surface area contributed by atoms with E-state index < -0.39 is 5.97 Å². The second-order valence-corrected chi connectivity index (χ2v) is 13.0. The van der Waals surface area contributed by atoms with Crippen molar-refractivity contribution in [2.24, 2.45) is 5.92 Å². The zero-order chi connectivity index (χ0) is 20.9. The van der Waals surface area contributed by atoms with Gasteiger partial charge in [-0.15, -0.1) is 0 Å². The van der Waals surface area contributed by atoms with Crippen LogP contribution in [0.3, 0.4) is 0 Å². The van der Waals surface area contributed by atoms with Gasteiger partial charge in [0.25, 0.3) is 0 Å². The maximum Gasteiger partial charge on any atom is 0.306 e. The Morgan fingerprint density at radius 1 is 0.759 bits per heavy atom. The topological polar surface area (TPSA) is 37.3 Å². The standard InChI is InChI=1S/C18H33P.C8H16O2/c1-4-10-16(11-5-1)19(17-12-6-2-7-13-17)18-14-8-3-9-15-18;1-3-5-6-7(4-2)8(9)10/h16-18H,1-15H2;7H,3-6H2,1-2H3,(H,9,10). The first-order chi connectivity index (χ1) is 14.2. The van der Waals surface area contributed by atoms with Gasteiger partial charge < -0.3 is 5.11 Å². The lowest BCUT2D eigenvalue weighted by molar-refractivity contribution is -0.142. The molecule has 3 aliphatic rings. The Kier molecular flexibility index (Phi) is 12.9. The first kappa shape index (κ1) is 25.2. The Labute approximate surface area is 182 Å². The minimum atomic E-state index is -0.643.